The van der Waals surface area contributed by atoms with E-state index >= 15 is 0 Å². The van der Waals surface area contributed by atoms with Crippen molar-refractivity contribution in [3.8, 4) is 0 Å². The second kappa shape index (κ2) is 7.48. The first-order valence-electron chi connectivity index (χ1n) is 7.26. The first-order chi connectivity index (χ1) is 10.0. The van der Waals surface area contributed by atoms with Crippen LogP contribution in [0.15, 0.2) is 51.8 Å². The SMILES string of the molecule is CCC(N)C(Sc1cc(C)ccc1C)c1ccc(Br)cc1. The van der Waals surface area contributed by atoms with Crippen LogP contribution in [0.4, 0.5) is 0 Å². The van der Waals surface area contributed by atoms with Gasteiger partial charge in [0.05, 0.1) is 0 Å². The Morgan fingerprint density at radius 2 is 1.76 bits per heavy atom. The van der Waals surface area contributed by atoms with E-state index < -0.39 is 0 Å². The quantitative estimate of drug-likeness (QED) is 0.695. The molecule has 0 aliphatic rings. The maximum Gasteiger partial charge on any atom is 0.0495 e. The number of rotatable bonds is 5. The fourth-order valence-corrected chi connectivity index (χ4v) is 3.95. The summed E-state index contributed by atoms with van der Waals surface area (Å²) in [7, 11) is 0. The molecule has 0 saturated carbocycles. The Kier molecular flexibility index (Phi) is 5.91. The summed E-state index contributed by atoms with van der Waals surface area (Å²) >= 11 is 5.38. The third-order valence-corrected chi connectivity index (χ3v) is 5.75. The molecule has 0 bridgehead atoms. The van der Waals surface area contributed by atoms with E-state index in [1.807, 2.05) is 11.8 Å². The van der Waals surface area contributed by atoms with Crippen molar-refractivity contribution in [3.63, 3.8) is 0 Å². The van der Waals surface area contributed by atoms with Crippen LogP contribution < -0.4 is 5.73 Å². The topological polar surface area (TPSA) is 26.0 Å². The zero-order chi connectivity index (χ0) is 15.4. The third-order valence-electron chi connectivity index (χ3n) is 3.66. The number of thioether (sulfide) groups is 1. The van der Waals surface area contributed by atoms with Gasteiger partial charge in [-0.15, -0.1) is 11.8 Å². The van der Waals surface area contributed by atoms with E-state index in [1.54, 1.807) is 0 Å². The summed E-state index contributed by atoms with van der Waals surface area (Å²) in [6.45, 7) is 6.45. The van der Waals surface area contributed by atoms with Gasteiger partial charge in [0.2, 0.25) is 0 Å². The average molecular weight is 364 g/mol. The fourth-order valence-electron chi connectivity index (χ4n) is 2.24. The van der Waals surface area contributed by atoms with Crippen LogP contribution in [0.25, 0.3) is 0 Å². The van der Waals surface area contributed by atoms with Crippen molar-refractivity contribution in [2.75, 3.05) is 0 Å². The zero-order valence-corrected chi connectivity index (χ0v) is 15.2. The molecular weight excluding hydrogens is 342 g/mol. The van der Waals surface area contributed by atoms with Gasteiger partial charge in [-0.25, -0.2) is 0 Å². The molecule has 2 N–H and O–H groups in total. The standard InChI is InChI=1S/C18H22BrNS/c1-4-16(20)18(14-7-9-15(19)10-8-14)21-17-11-12(2)5-6-13(17)3/h5-11,16,18H,4,20H2,1-3H3. The molecule has 112 valence electrons. The highest BCUT2D eigenvalue weighted by atomic mass is 79.9. The molecule has 0 aromatic heterocycles. The van der Waals surface area contributed by atoms with E-state index in [-0.39, 0.29) is 11.3 Å². The molecule has 0 aliphatic carbocycles. The molecule has 0 spiro atoms. The van der Waals surface area contributed by atoms with Gasteiger partial charge in [0, 0.05) is 20.7 Å². The van der Waals surface area contributed by atoms with Crippen LogP contribution in [0.2, 0.25) is 0 Å². The molecular formula is C18H22BrNS. The van der Waals surface area contributed by atoms with Crippen molar-refractivity contribution in [2.24, 2.45) is 5.73 Å². The van der Waals surface area contributed by atoms with Crippen molar-refractivity contribution < 1.29 is 0 Å². The Bertz CT molecular complexity index is 595. The van der Waals surface area contributed by atoms with Gasteiger partial charge in [0.15, 0.2) is 0 Å². The lowest BCUT2D eigenvalue weighted by Crippen LogP contribution is -2.25. The minimum absolute atomic E-state index is 0.149. The Hall–Kier alpha value is -0.770. The Morgan fingerprint density at radius 1 is 1.10 bits per heavy atom. The van der Waals surface area contributed by atoms with Gasteiger partial charge in [0.25, 0.3) is 0 Å². The third kappa shape index (κ3) is 4.35. The van der Waals surface area contributed by atoms with E-state index in [2.05, 4.69) is 79.2 Å². The summed E-state index contributed by atoms with van der Waals surface area (Å²) in [5.74, 6) is 0. The Balaban J connectivity index is 2.32. The zero-order valence-electron chi connectivity index (χ0n) is 12.8. The number of hydrogen-bond donors (Lipinski definition) is 1. The second-order valence-electron chi connectivity index (χ2n) is 5.43. The summed E-state index contributed by atoms with van der Waals surface area (Å²) in [4.78, 5) is 1.33. The smallest absolute Gasteiger partial charge is 0.0495 e. The van der Waals surface area contributed by atoms with E-state index in [4.69, 9.17) is 5.73 Å². The van der Waals surface area contributed by atoms with E-state index in [0.717, 1.165) is 10.9 Å². The van der Waals surface area contributed by atoms with Gasteiger partial charge < -0.3 is 5.73 Å². The molecule has 2 aromatic carbocycles. The first-order valence-corrected chi connectivity index (χ1v) is 8.93. The molecule has 2 aromatic rings. The molecule has 0 saturated heterocycles. The Labute approximate surface area is 140 Å². The maximum atomic E-state index is 6.39. The van der Waals surface area contributed by atoms with Crippen molar-refractivity contribution in [1.82, 2.24) is 0 Å². The molecule has 2 atom stereocenters. The molecule has 2 rings (SSSR count). The summed E-state index contributed by atoms with van der Waals surface area (Å²) in [5.41, 5.74) is 10.3. The van der Waals surface area contributed by atoms with E-state index in [9.17, 15) is 0 Å². The highest BCUT2D eigenvalue weighted by Gasteiger charge is 2.20. The van der Waals surface area contributed by atoms with Gasteiger partial charge in [-0.2, -0.15) is 0 Å². The van der Waals surface area contributed by atoms with Crippen LogP contribution >= 0.6 is 27.7 Å². The number of halogens is 1. The molecule has 0 aliphatic heterocycles. The lowest BCUT2D eigenvalue weighted by molar-refractivity contribution is 0.634. The number of benzene rings is 2. The summed E-state index contributed by atoms with van der Waals surface area (Å²) in [6, 6.07) is 15.3. The molecule has 0 amide bonds. The first kappa shape index (κ1) is 16.6. The minimum Gasteiger partial charge on any atom is -0.326 e. The fraction of sp³-hybridized carbons (Fsp3) is 0.333. The highest BCUT2D eigenvalue weighted by Crippen LogP contribution is 2.40. The molecule has 0 radical (unpaired) electrons. The number of aryl methyl sites for hydroxylation is 2. The number of nitrogens with two attached hydrogens (primary N) is 1. The van der Waals surface area contributed by atoms with E-state index in [0.29, 0.717) is 0 Å². The monoisotopic (exact) mass is 363 g/mol. The average Bonchev–Trinajstić information content (AvgIpc) is 2.48. The van der Waals surface area contributed by atoms with Crippen LogP contribution in [0.5, 0.6) is 0 Å². The van der Waals surface area contributed by atoms with Crippen LogP contribution in [0, 0.1) is 13.8 Å². The van der Waals surface area contributed by atoms with Gasteiger partial charge in [-0.3, -0.25) is 0 Å². The maximum absolute atomic E-state index is 6.39. The van der Waals surface area contributed by atoms with Gasteiger partial charge in [-0.05, 0) is 49.6 Å². The molecule has 2 unspecified atom stereocenters. The predicted molar refractivity (Wildman–Crippen MR) is 96.9 cm³/mol. The molecule has 0 fully saturated rings. The van der Waals surface area contributed by atoms with Crippen molar-refractivity contribution in [1.29, 1.82) is 0 Å². The van der Waals surface area contributed by atoms with Crippen LogP contribution in [0.1, 0.15) is 35.3 Å². The molecule has 1 nitrogen and oxygen atoms in total. The second-order valence-corrected chi connectivity index (χ2v) is 7.53. The van der Waals surface area contributed by atoms with Crippen LogP contribution in [-0.4, -0.2) is 6.04 Å². The lowest BCUT2D eigenvalue weighted by Gasteiger charge is -2.24. The van der Waals surface area contributed by atoms with Crippen molar-refractivity contribution in [2.45, 2.75) is 43.4 Å². The van der Waals surface area contributed by atoms with Crippen molar-refractivity contribution >= 4 is 27.7 Å². The molecule has 0 heterocycles. The Morgan fingerprint density at radius 3 is 2.38 bits per heavy atom. The molecule has 3 heteroatoms. The lowest BCUT2D eigenvalue weighted by atomic mass is 10.0. The van der Waals surface area contributed by atoms with Gasteiger partial charge >= 0.3 is 0 Å². The van der Waals surface area contributed by atoms with Crippen LogP contribution in [0.3, 0.4) is 0 Å². The highest BCUT2D eigenvalue weighted by molar-refractivity contribution is 9.10. The normalized spacial score (nSPS) is 14.0. The largest absolute Gasteiger partial charge is 0.326 e. The van der Waals surface area contributed by atoms with E-state index in [1.165, 1.54) is 21.6 Å². The minimum atomic E-state index is 0.149. The molecule has 21 heavy (non-hydrogen) atoms. The summed E-state index contributed by atoms with van der Waals surface area (Å²) in [5, 5.41) is 0.281. The summed E-state index contributed by atoms with van der Waals surface area (Å²) in [6.07, 6.45) is 0.971. The van der Waals surface area contributed by atoms with Gasteiger partial charge in [0.1, 0.15) is 0 Å². The summed E-state index contributed by atoms with van der Waals surface area (Å²) < 4.78 is 1.10. The number of hydrogen-bond acceptors (Lipinski definition) is 2. The van der Waals surface area contributed by atoms with Gasteiger partial charge in [-0.1, -0.05) is 52.7 Å². The predicted octanol–water partition coefficient (Wildman–Crippen LogP) is 5.64. The van der Waals surface area contributed by atoms with Crippen molar-refractivity contribution in [3.05, 3.63) is 63.6 Å². The van der Waals surface area contributed by atoms with Crippen LogP contribution in [-0.2, 0) is 0 Å².